The number of rotatable bonds is 3. The van der Waals surface area contributed by atoms with Gasteiger partial charge < -0.3 is 9.88 Å². The predicted molar refractivity (Wildman–Crippen MR) is 97.8 cm³/mol. The summed E-state index contributed by atoms with van der Waals surface area (Å²) in [5.74, 6) is 0.210. The number of aromatic amines is 1. The van der Waals surface area contributed by atoms with E-state index in [4.69, 9.17) is 0 Å². The lowest BCUT2D eigenvalue weighted by atomic mass is 9.79. The van der Waals surface area contributed by atoms with Crippen molar-refractivity contribution in [3.8, 4) is 0 Å². The number of hydrogen-bond donors (Lipinski definition) is 1. The van der Waals surface area contributed by atoms with E-state index in [0.29, 0.717) is 6.04 Å². The van der Waals surface area contributed by atoms with E-state index >= 15 is 0 Å². The van der Waals surface area contributed by atoms with Gasteiger partial charge in [0.05, 0.1) is 5.92 Å². The molecule has 1 aromatic carbocycles. The Labute approximate surface area is 143 Å². The van der Waals surface area contributed by atoms with Gasteiger partial charge in [-0.3, -0.25) is 9.69 Å². The van der Waals surface area contributed by atoms with Crippen LogP contribution in [0.15, 0.2) is 30.5 Å². The van der Waals surface area contributed by atoms with E-state index in [1.54, 1.807) is 0 Å². The maximum atomic E-state index is 12.9. The van der Waals surface area contributed by atoms with Crippen LogP contribution in [0.4, 0.5) is 0 Å². The zero-order chi connectivity index (χ0) is 16.8. The van der Waals surface area contributed by atoms with Gasteiger partial charge >= 0.3 is 0 Å². The smallest absolute Gasteiger partial charge is 0.230 e. The molecule has 0 fully saturated rings. The molecular weight excluding hydrogens is 298 g/mol. The van der Waals surface area contributed by atoms with Gasteiger partial charge in [0.1, 0.15) is 0 Å². The van der Waals surface area contributed by atoms with Gasteiger partial charge in [-0.05, 0) is 50.1 Å². The molecule has 0 spiro atoms. The van der Waals surface area contributed by atoms with Crippen molar-refractivity contribution in [1.82, 2.24) is 14.8 Å². The van der Waals surface area contributed by atoms with Crippen LogP contribution in [-0.2, 0) is 11.2 Å². The highest BCUT2D eigenvalue weighted by atomic mass is 16.2. The molecule has 1 N–H and O–H groups in total. The zero-order valence-electron chi connectivity index (χ0n) is 14.7. The van der Waals surface area contributed by atoms with Gasteiger partial charge in [0, 0.05) is 42.8 Å². The summed E-state index contributed by atoms with van der Waals surface area (Å²) in [5, 5.41) is 1.34. The molecule has 1 aromatic heterocycles. The van der Waals surface area contributed by atoms with Crippen molar-refractivity contribution in [2.24, 2.45) is 5.92 Å². The summed E-state index contributed by atoms with van der Waals surface area (Å²) >= 11 is 0. The molecular formula is C20H25N3O. The lowest BCUT2D eigenvalue weighted by molar-refractivity contribution is -0.134. The normalized spacial score (nSPS) is 23.0. The molecule has 0 saturated heterocycles. The quantitative estimate of drug-likeness (QED) is 0.943. The number of nitrogens with one attached hydrogen (secondary N) is 1. The summed E-state index contributed by atoms with van der Waals surface area (Å²) in [6, 6.07) is 6.82. The Hall–Kier alpha value is -2.07. The first kappa shape index (κ1) is 15.5. The van der Waals surface area contributed by atoms with E-state index in [1.165, 1.54) is 27.6 Å². The van der Waals surface area contributed by atoms with Crippen LogP contribution in [0, 0.1) is 5.92 Å². The average molecular weight is 323 g/mol. The van der Waals surface area contributed by atoms with Gasteiger partial charge in [0.2, 0.25) is 5.91 Å². The van der Waals surface area contributed by atoms with Crippen LogP contribution in [-0.4, -0.2) is 53.4 Å². The molecule has 1 aliphatic carbocycles. The Kier molecular flexibility index (Phi) is 3.72. The minimum atomic E-state index is -0.0445. The first-order valence-electron chi connectivity index (χ1n) is 8.94. The lowest BCUT2D eigenvalue weighted by Crippen LogP contribution is -2.47. The van der Waals surface area contributed by atoms with Gasteiger partial charge in [-0.1, -0.05) is 18.2 Å². The third kappa shape index (κ3) is 2.20. The van der Waals surface area contributed by atoms with Crippen molar-refractivity contribution >= 4 is 22.4 Å². The number of H-pyrrole nitrogens is 1. The second kappa shape index (κ2) is 5.78. The largest absolute Gasteiger partial charge is 0.361 e. The highest BCUT2D eigenvalue weighted by molar-refractivity contribution is 5.99. The molecule has 126 valence electrons. The van der Waals surface area contributed by atoms with E-state index in [9.17, 15) is 4.79 Å². The van der Waals surface area contributed by atoms with E-state index in [-0.39, 0.29) is 11.8 Å². The zero-order valence-corrected chi connectivity index (χ0v) is 14.7. The van der Waals surface area contributed by atoms with Crippen LogP contribution in [0.1, 0.15) is 25.0 Å². The van der Waals surface area contributed by atoms with Gasteiger partial charge in [-0.25, -0.2) is 0 Å². The molecule has 1 aliphatic heterocycles. The number of fused-ring (bicyclic) bond motifs is 2. The monoisotopic (exact) mass is 323 g/mol. The highest BCUT2D eigenvalue weighted by Crippen LogP contribution is 2.40. The van der Waals surface area contributed by atoms with Crippen molar-refractivity contribution in [3.63, 3.8) is 0 Å². The maximum Gasteiger partial charge on any atom is 0.230 e. The summed E-state index contributed by atoms with van der Waals surface area (Å²) in [6.45, 7) is 6.47. The molecule has 4 rings (SSSR count). The van der Waals surface area contributed by atoms with Gasteiger partial charge in [0.25, 0.3) is 0 Å². The van der Waals surface area contributed by atoms with E-state index < -0.39 is 0 Å². The standard InChI is InChI=1S/C20H25N3O/c1-4-23(5-2)20(24)14-9-16-15-7-6-8-17-19(15)13(11-21-17)10-18(16)22(3)12-14/h6-9,11,14,18,21H,4-5,10,12H2,1-3H3/t14?,18-/m1/s1. The van der Waals surface area contributed by atoms with Crippen LogP contribution < -0.4 is 0 Å². The summed E-state index contributed by atoms with van der Waals surface area (Å²) in [5.41, 5.74) is 5.21. The SMILES string of the molecule is CCN(CC)C(=O)C1C=C2c3cccc4[nH]cc(c34)C[C@H]2N(C)C1. The number of aromatic nitrogens is 1. The molecule has 0 saturated carbocycles. The molecule has 1 amide bonds. The molecule has 24 heavy (non-hydrogen) atoms. The minimum Gasteiger partial charge on any atom is -0.361 e. The average Bonchev–Trinajstić information content (AvgIpc) is 3.01. The Bertz CT molecular complexity index is 815. The van der Waals surface area contributed by atoms with Crippen molar-refractivity contribution in [3.05, 3.63) is 41.6 Å². The number of nitrogens with zero attached hydrogens (tertiary/aromatic N) is 2. The minimum absolute atomic E-state index is 0.0445. The van der Waals surface area contributed by atoms with Crippen LogP contribution in [0.3, 0.4) is 0 Å². The van der Waals surface area contributed by atoms with Crippen molar-refractivity contribution < 1.29 is 4.79 Å². The van der Waals surface area contributed by atoms with Crippen LogP contribution in [0.2, 0.25) is 0 Å². The number of carbonyl (C=O) groups excluding carboxylic acids is 1. The molecule has 2 aromatic rings. The van der Waals surface area contributed by atoms with Crippen molar-refractivity contribution in [2.45, 2.75) is 26.3 Å². The lowest BCUT2D eigenvalue weighted by Gasteiger charge is -2.40. The molecule has 0 bridgehead atoms. The molecule has 2 heterocycles. The van der Waals surface area contributed by atoms with Gasteiger partial charge in [-0.2, -0.15) is 0 Å². The Morgan fingerprint density at radius 3 is 2.88 bits per heavy atom. The highest BCUT2D eigenvalue weighted by Gasteiger charge is 2.36. The van der Waals surface area contributed by atoms with E-state index in [1.807, 2.05) is 4.90 Å². The number of benzene rings is 1. The van der Waals surface area contributed by atoms with Crippen LogP contribution >= 0.6 is 0 Å². The summed E-state index contributed by atoms with van der Waals surface area (Å²) in [4.78, 5) is 20.6. The summed E-state index contributed by atoms with van der Waals surface area (Å²) in [7, 11) is 2.15. The topological polar surface area (TPSA) is 39.3 Å². The Balaban J connectivity index is 1.80. The Morgan fingerprint density at radius 2 is 2.12 bits per heavy atom. The van der Waals surface area contributed by atoms with Crippen molar-refractivity contribution in [2.75, 3.05) is 26.7 Å². The molecule has 0 radical (unpaired) electrons. The second-order valence-corrected chi connectivity index (χ2v) is 6.94. The van der Waals surface area contributed by atoms with Crippen molar-refractivity contribution in [1.29, 1.82) is 0 Å². The molecule has 1 unspecified atom stereocenters. The van der Waals surface area contributed by atoms with E-state index in [2.05, 4.69) is 61.3 Å². The first-order chi connectivity index (χ1) is 11.6. The van der Waals surface area contributed by atoms with Gasteiger partial charge in [0.15, 0.2) is 0 Å². The Morgan fingerprint density at radius 1 is 1.33 bits per heavy atom. The fraction of sp³-hybridized carbons (Fsp3) is 0.450. The molecule has 2 aliphatic rings. The fourth-order valence-corrected chi connectivity index (χ4v) is 4.38. The second-order valence-electron chi connectivity index (χ2n) is 6.94. The van der Waals surface area contributed by atoms with E-state index in [0.717, 1.165) is 26.1 Å². The van der Waals surface area contributed by atoms with Crippen LogP contribution in [0.5, 0.6) is 0 Å². The maximum absolute atomic E-state index is 12.9. The van der Waals surface area contributed by atoms with Gasteiger partial charge in [-0.15, -0.1) is 0 Å². The number of hydrogen-bond acceptors (Lipinski definition) is 2. The third-order valence-corrected chi connectivity index (χ3v) is 5.66. The summed E-state index contributed by atoms with van der Waals surface area (Å²) in [6.07, 6.45) is 5.41. The van der Waals surface area contributed by atoms with Crippen LogP contribution in [0.25, 0.3) is 16.5 Å². The molecule has 2 atom stereocenters. The fourth-order valence-electron chi connectivity index (χ4n) is 4.38. The number of likely N-dealkylation sites (N-methyl/N-ethyl adjacent to an activating group) is 1. The first-order valence-corrected chi connectivity index (χ1v) is 8.94. The number of carbonyl (C=O) groups is 1. The summed E-state index contributed by atoms with van der Waals surface area (Å²) < 4.78 is 0. The predicted octanol–water partition coefficient (Wildman–Crippen LogP) is 2.91. The number of amides is 1. The third-order valence-electron chi connectivity index (χ3n) is 5.66. The molecule has 4 heteroatoms. The molecule has 4 nitrogen and oxygen atoms in total.